The van der Waals surface area contributed by atoms with Crippen LogP contribution in [0.1, 0.15) is 12.0 Å². The summed E-state index contributed by atoms with van der Waals surface area (Å²) in [6, 6.07) is 9.10. The van der Waals surface area contributed by atoms with Crippen LogP contribution in [0.15, 0.2) is 42.5 Å². The molecule has 0 unspecified atom stereocenters. The maximum Gasteiger partial charge on any atom is 0.268 e. The number of nitrogens with one attached hydrogen (secondary N) is 1. The van der Waals surface area contributed by atoms with E-state index in [0.717, 1.165) is 17.0 Å². The molecule has 5 nitrogen and oxygen atoms in total. The third kappa shape index (κ3) is 3.54. The second-order valence-corrected chi connectivity index (χ2v) is 6.44. The summed E-state index contributed by atoms with van der Waals surface area (Å²) in [6.45, 7) is -0.0378. The van der Waals surface area contributed by atoms with Crippen molar-refractivity contribution in [2.45, 2.75) is 18.6 Å². The van der Waals surface area contributed by atoms with Crippen LogP contribution in [-0.2, 0) is 16.1 Å². The number of hydrogen-bond acceptors (Lipinski definition) is 3. The summed E-state index contributed by atoms with van der Waals surface area (Å²) < 4.78 is 26.7. The highest BCUT2D eigenvalue weighted by atomic mass is 35.5. The Kier molecular flexibility index (Phi) is 4.93. The zero-order chi connectivity index (χ0) is 18.9. The highest BCUT2D eigenvalue weighted by molar-refractivity contribution is 6.30. The summed E-state index contributed by atoms with van der Waals surface area (Å²) in [5, 5.41) is 13.1. The van der Waals surface area contributed by atoms with Gasteiger partial charge in [0.2, 0.25) is 5.60 Å². The van der Waals surface area contributed by atoms with Crippen LogP contribution >= 0.6 is 11.6 Å². The Bertz CT molecular complexity index is 857. The van der Waals surface area contributed by atoms with Gasteiger partial charge in [0.15, 0.2) is 0 Å². The molecule has 26 heavy (non-hydrogen) atoms. The average Bonchev–Trinajstić information content (AvgIpc) is 2.88. The Morgan fingerprint density at radius 3 is 2.69 bits per heavy atom. The molecule has 2 aromatic carbocycles. The fourth-order valence-electron chi connectivity index (χ4n) is 2.85. The summed E-state index contributed by atoms with van der Waals surface area (Å²) in [5.41, 5.74) is -1.61. The zero-order valence-corrected chi connectivity index (χ0v) is 14.3. The molecule has 0 radical (unpaired) electrons. The first-order valence-electron chi connectivity index (χ1n) is 7.83. The highest BCUT2D eigenvalue weighted by Crippen LogP contribution is 2.29. The Balaban J connectivity index is 1.71. The normalized spacial score (nSPS) is 19.7. The van der Waals surface area contributed by atoms with Gasteiger partial charge in [0.25, 0.3) is 11.8 Å². The number of amides is 2. The van der Waals surface area contributed by atoms with E-state index in [-0.39, 0.29) is 30.2 Å². The lowest BCUT2D eigenvalue weighted by Gasteiger charge is -2.22. The van der Waals surface area contributed by atoms with E-state index >= 15 is 0 Å². The van der Waals surface area contributed by atoms with E-state index in [1.807, 2.05) is 0 Å². The van der Waals surface area contributed by atoms with Crippen LogP contribution in [0.5, 0.6) is 0 Å². The van der Waals surface area contributed by atoms with Gasteiger partial charge in [-0.3, -0.25) is 9.59 Å². The Morgan fingerprint density at radius 1 is 1.23 bits per heavy atom. The molecular formula is C18H15ClF2N2O3. The SMILES string of the molecule is O=C(NCc1cc(F)cc(Cl)c1)[C@]1(O)CCN(c2cccc(F)c2)C1=O. The minimum atomic E-state index is -2.26. The van der Waals surface area contributed by atoms with E-state index in [4.69, 9.17) is 11.6 Å². The topological polar surface area (TPSA) is 69.6 Å². The van der Waals surface area contributed by atoms with Crippen molar-refractivity contribution in [3.8, 4) is 0 Å². The molecule has 0 aliphatic carbocycles. The number of benzene rings is 2. The van der Waals surface area contributed by atoms with E-state index in [1.54, 1.807) is 0 Å². The van der Waals surface area contributed by atoms with E-state index in [2.05, 4.69) is 5.32 Å². The van der Waals surface area contributed by atoms with Crippen molar-refractivity contribution in [3.63, 3.8) is 0 Å². The molecule has 1 heterocycles. The third-order valence-electron chi connectivity index (χ3n) is 4.17. The smallest absolute Gasteiger partial charge is 0.268 e. The van der Waals surface area contributed by atoms with Gasteiger partial charge in [0.05, 0.1) is 0 Å². The number of halogens is 3. The van der Waals surface area contributed by atoms with Gasteiger partial charge >= 0.3 is 0 Å². The molecule has 3 rings (SSSR count). The molecule has 8 heteroatoms. The molecule has 1 aliphatic heterocycles. The largest absolute Gasteiger partial charge is 0.372 e. The monoisotopic (exact) mass is 380 g/mol. The molecule has 1 atom stereocenters. The van der Waals surface area contributed by atoms with Gasteiger partial charge in [-0.2, -0.15) is 0 Å². The fourth-order valence-corrected chi connectivity index (χ4v) is 3.09. The third-order valence-corrected chi connectivity index (χ3v) is 4.39. The molecule has 1 fully saturated rings. The Labute approximate surface area is 153 Å². The summed E-state index contributed by atoms with van der Waals surface area (Å²) in [6.07, 6.45) is -0.141. The molecule has 136 valence electrons. The van der Waals surface area contributed by atoms with E-state index < -0.39 is 29.0 Å². The lowest BCUT2D eigenvalue weighted by molar-refractivity contribution is -0.149. The van der Waals surface area contributed by atoms with Crippen LogP contribution in [-0.4, -0.2) is 29.1 Å². The number of carbonyl (C=O) groups is 2. The first-order valence-corrected chi connectivity index (χ1v) is 8.20. The van der Waals surface area contributed by atoms with Crippen molar-refractivity contribution in [2.75, 3.05) is 11.4 Å². The van der Waals surface area contributed by atoms with Crippen molar-refractivity contribution < 1.29 is 23.5 Å². The van der Waals surface area contributed by atoms with Crippen molar-refractivity contribution in [1.82, 2.24) is 5.32 Å². The van der Waals surface area contributed by atoms with Crippen LogP contribution in [0.4, 0.5) is 14.5 Å². The van der Waals surface area contributed by atoms with Crippen molar-refractivity contribution in [2.24, 2.45) is 0 Å². The molecular weight excluding hydrogens is 366 g/mol. The molecule has 0 spiro atoms. The lowest BCUT2D eigenvalue weighted by Crippen LogP contribution is -2.52. The highest BCUT2D eigenvalue weighted by Gasteiger charge is 2.51. The second-order valence-electron chi connectivity index (χ2n) is 6.01. The second kappa shape index (κ2) is 7.01. The van der Waals surface area contributed by atoms with Crippen LogP contribution < -0.4 is 10.2 Å². The number of rotatable bonds is 4. The van der Waals surface area contributed by atoms with Gasteiger partial charge in [0, 0.05) is 30.2 Å². The zero-order valence-electron chi connectivity index (χ0n) is 13.5. The quantitative estimate of drug-likeness (QED) is 0.800. The summed E-state index contributed by atoms with van der Waals surface area (Å²) in [4.78, 5) is 26.0. The Hall–Kier alpha value is -2.51. The van der Waals surface area contributed by atoms with Gasteiger partial charge in [-0.1, -0.05) is 17.7 Å². The Morgan fingerprint density at radius 2 is 2.00 bits per heavy atom. The van der Waals surface area contributed by atoms with Crippen molar-refractivity contribution in [3.05, 3.63) is 64.7 Å². The molecule has 0 aromatic heterocycles. The van der Waals surface area contributed by atoms with Crippen LogP contribution in [0.3, 0.4) is 0 Å². The van der Waals surface area contributed by atoms with Gasteiger partial charge in [0.1, 0.15) is 11.6 Å². The number of hydrogen-bond donors (Lipinski definition) is 2. The van der Waals surface area contributed by atoms with Crippen LogP contribution in [0.25, 0.3) is 0 Å². The van der Waals surface area contributed by atoms with Gasteiger partial charge in [-0.05, 0) is 42.0 Å². The molecule has 0 saturated carbocycles. The standard InChI is InChI=1S/C18H15ClF2N2O3/c19-12-6-11(7-14(21)8-12)10-22-16(24)18(26)4-5-23(17(18)25)15-3-1-2-13(20)9-15/h1-3,6-9,26H,4-5,10H2,(H,22,24)/t18-/m1/s1. The van der Waals surface area contributed by atoms with Crippen LogP contribution in [0, 0.1) is 11.6 Å². The minimum absolute atomic E-state index is 0.0675. The lowest BCUT2D eigenvalue weighted by atomic mass is 10.0. The van der Waals surface area contributed by atoms with Crippen molar-refractivity contribution >= 4 is 29.1 Å². The first kappa shape index (κ1) is 18.3. The van der Waals surface area contributed by atoms with Gasteiger partial charge in [-0.15, -0.1) is 0 Å². The molecule has 1 saturated heterocycles. The summed E-state index contributed by atoms with van der Waals surface area (Å²) in [5.74, 6) is -2.83. The minimum Gasteiger partial charge on any atom is -0.372 e. The fraction of sp³-hybridized carbons (Fsp3) is 0.222. The number of anilines is 1. The van der Waals surface area contributed by atoms with Crippen molar-refractivity contribution in [1.29, 1.82) is 0 Å². The van der Waals surface area contributed by atoms with E-state index in [1.165, 1.54) is 30.3 Å². The van der Waals surface area contributed by atoms with E-state index in [0.29, 0.717) is 5.56 Å². The first-order chi connectivity index (χ1) is 12.3. The van der Waals surface area contributed by atoms with E-state index in [9.17, 15) is 23.5 Å². The predicted octanol–water partition coefficient (Wildman–Crippen LogP) is 2.40. The average molecular weight is 381 g/mol. The summed E-state index contributed by atoms with van der Waals surface area (Å²) >= 11 is 5.75. The molecule has 2 amide bonds. The maximum atomic E-state index is 13.4. The van der Waals surface area contributed by atoms with Gasteiger partial charge < -0.3 is 15.3 Å². The van der Waals surface area contributed by atoms with Crippen LogP contribution in [0.2, 0.25) is 5.02 Å². The maximum absolute atomic E-state index is 13.4. The molecule has 2 N–H and O–H groups in total. The summed E-state index contributed by atoms with van der Waals surface area (Å²) in [7, 11) is 0. The number of nitrogens with zero attached hydrogens (tertiary/aromatic N) is 1. The predicted molar refractivity (Wildman–Crippen MR) is 91.6 cm³/mol. The molecule has 0 bridgehead atoms. The number of carbonyl (C=O) groups excluding carboxylic acids is 2. The number of aliphatic hydroxyl groups is 1. The molecule has 2 aromatic rings. The van der Waals surface area contributed by atoms with Gasteiger partial charge in [-0.25, -0.2) is 8.78 Å². The molecule has 1 aliphatic rings.